The Bertz CT molecular complexity index is 709. The fraction of sp³-hybridized carbons (Fsp3) is 0.200. The van der Waals surface area contributed by atoms with Crippen LogP contribution in [0.1, 0.15) is 6.42 Å². The second-order valence-corrected chi connectivity index (χ2v) is 4.48. The Balaban J connectivity index is 2.07. The predicted molar refractivity (Wildman–Crippen MR) is 79.2 cm³/mol. The lowest BCUT2D eigenvalue weighted by Gasteiger charge is -2.07. The van der Waals surface area contributed by atoms with Gasteiger partial charge in [0.05, 0.1) is 11.0 Å². The van der Waals surface area contributed by atoms with Gasteiger partial charge in [0.15, 0.2) is 0 Å². The first-order valence-electron chi connectivity index (χ1n) is 6.47. The minimum absolute atomic E-state index is 0.686. The van der Waals surface area contributed by atoms with Crippen molar-refractivity contribution in [3.63, 3.8) is 0 Å². The molecule has 3 N–H and O–H groups in total. The molecule has 4 heteroatoms. The van der Waals surface area contributed by atoms with E-state index in [1.54, 1.807) is 6.20 Å². The van der Waals surface area contributed by atoms with Crippen LogP contribution in [0, 0.1) is 0 Å². The highest BCUT2D eigenvalue weighted by Gasteiger charge is 2.03. The van der Waals surface area contributed by atoms with E-state index in [1.807, 2.05) is 12.1 Å². The third-order valence-electron chi connectivity index (χ3n) is 3.12. The Hall–Kier alpha value is -2.20. The van der Waals surface area contributed by atoms with Gasteiger partial charge in [-0.25, -0.2) is 4.98 Å². The normalized spacial score (nSPS) is 11.0. The van der Waals surface area contributed by atoms with E-state index in [-0.39, 0.29) is 0 Å². The summed E-state index contributed by atoms with van der Waals surface area (Å²) >= 11 is 0. The highest BCUT2D eigenvalue weighted by atomic mass is 15.0. The number of rotatable bonds is 4. The molecule has 2 aromatic heterocycles. The number of anilines is 1. The number of hydrogen-bond acceptors (Lipinski definition) is 4. The summed E-state index contributed by atoms with van der Waals surface area (Å²) < 4.78 is 0. The number of nitrogens with two attached hydrogens (primary N) is 1. The lowest BCUT2D eigenvalue weighted by atomic mass is 10.1. The predicted octanol–water partition coefficient (Wildman–Crippen LogP) is 2.54. The number of fused-ring (bicyclic) bond motifs is 3. The van der Waals surface area contributed by atoms with E-state index in [2.05, 4.69) is 39.6 Å². The van der Waals surface area contributed by atoms with Gasteiger partial charge in [0.25, 0.3) is 0 Å². The number of nitrogens with one attached hydrogen (secondary N) is 1. The number of aromatic nitrogens is 2. The summed E-state index contributed by atoms with van der Waals surface area (Å²) in [5.74, 6) is 0.874. The van der Waals surface area contributed by atoms with Crippen molar-refractivity contribution in [3.8, 4) is 0 Å². The topological polar surface area (TPSA) is 63.8 Å². The number of hydrogen-bond donors (Lipinski definition) is 2. The monoisotopic (exact) mass is 252 g/mol. The molecule has 19 heavy (non-hydrogen) atoms. The summed E-state index contributed by atoms with van der Waals surface area (Å²) in [6, 6.07) is 12.2. The summed E-state index contributed by atoms with van der Waals surface area (Å²) in [6.45, 7) is 1.53. The quantitative estimate of drug-likeness (QED) is 0.553. The van der Waals surface area contributed by atoms with Crippen LogP contribution in [-0.4, -0.2) is 23.1 Å². The Labute approximate surface area is 111 Å². The van der Waals surface area contributed by atoms with Gasteiger partial charge in [-0.05, 0) is 31.2 Å². The van der Waals surface area contributed by atoms with Gasteiger partial charge in [0, 0.05) is 23.5 Å². The van der Waals surface area contributed by atoms with Crippen LogP contribution in [0.15, 0.2) is 42.6 Å². The first kappa shape index (κ1) is 11.9. The van der Waals surface area contributed by atoms with Crippen LogP contribution in [0.2, 0.25) is 0 Å². The van der Waals surface area contributed by atoms with Crippen molar-refractivity contribution in [2.24, 2.45) is 5.73 Å². The maximum absolute atomic E-state index is 5.49. The zero-order chi connectivity index (χ0) is 13.1. The molecule has 0 saturated heterocycles. The number of pyridine rings is 2. The standard InChI is InChI=1S/C15H16N4/c16-8-2-10-17-13-7-6-12-5-4-11-3-1-9-18-14(11)15(12)19-13/h1,3-7,9H,2,8,10,16H2,(H,17,19). The Kier molecular flexibility index (Phi) is 3.25. The molecule has 0 spiro atoms. The molecule has 0 aliphatic carbocycles. The lowest BCUT2D eigenvalue weighted by Crippen LogP contribution is -2.09. The van der Waals surface area contributed by atoms with Crippen molar-refractivity contribution in [3.05, 3.63) is 42.6 Å². The summed E-state index contributed by atoms with van der Waals surface area (Å²) in [7, 11) is 0. The van der Waals surface area contributed by atoms with Crippen LogP contribution in [0.5, 0.6) is 0 Å². The van der Waals surface area contributed by atoms with Crippen LogP contribution in [0.3, 0.4) is 0 Å². The molecule has 0 amide bonds. The fourth-order valence-electron chi connectivity index (χ4n) is 2.14. The molecule has 96 valence electrons. The van der Waals surface area contributed by atoms with Crippen LogP contribution in [-0.2, 0) is 0 Å². The Morgan fingerprint density at radius 2 is 1.79 bits per heavy atom. The molecule has 0 aliphatic rings. The maximum Gasteiger partial charge on any atom is 0.126 e. The van der Waals surface area contributed by atoms with Crippen LogP contribution in [0.25, 0.3) is 21.8 Å². The number of nitrogens with zero attached hydrogens (tertiary/aromatic N) is 2. The van der Waals surface area contributed by atoms with Gasteiger partial charge in [-0.3, -0.25) is 4.98 Å². The van der Waals surface area contributed by atoms with Gasteiger partial charge in [-0.15, -0.1) is 0 Å². The average molecular weight is 252 g/mol. The summed E-state index contributed by atoms with van der Waals surface area (Å²) in [5.41, 5.74) is 7.37. The van der Waals surface area contributed by atoms with Crippen molar-refractivity contribution < 1.29 is 0 Å². The highest BCUT2D eigenvalue weighted by molar-refractivity contribution is 6.03. The first-order chi connectivity index (χ1) is 9.38. The molecule has 0 radical (unpaired) electrons. The smallest absolute Gasteiger partial charge is 0.126 e. The molecule has 0 fully saturated rings. The van der Waals surface area contributed by atoms with Crippen molar-refractivity contribution in [2.45, 2.75) is 6.42 Å². The van der Waals surface area contributed by atoms with Gasteiger partial charge >= 0.3 is 0 Å². The molecule has 3 rings (SSSR count). The van der Waals surface area contributed by atoms with Gasteiger partial charge in [0.2, 0.25) is 0 Å². The van der Waals surface area contributed by atoms with E-state index < -0.39 is 0 Å². The second-order valence-electron chi connectivity index (χ2n) is 4.48. The van der Waals surface area contributed by atoms with Crippen molar-refractivity contribution in [1.82, 2.24) is 9.97 Å². The molecule has 4 nitrogen and oxygen atoms in total. The van der Waals surface area contributed by atoms with E-state index in [0.29, 0.717) is 6.54 Å². The zero-order valence-corrected chi connectivity index (χ0v) is 10.6. The van der Waals surface area contributed by atoms with Crippen LogP contribution < -0.4 is 11.1 Å². The third kappa shape index (κ3) is 2.35. The summed E-state index contributed by atoms with van der Waals surface area (Å²) in [4.78, 5) is 9.10. The Morgan fingerprint density at radius 1 is 1.00 bits per heavy atom. The van der Waals surface area contributed by atoms with E-state index in [1.165, 1.54) is 0 Å². The molecule has 0 saturated carbocycles. The summed E-state index contributed by atoms with van der Waals surface area (Å²) in [5, 5.41) is 5.50. The van der Waals surface area contributed by atoms with Crippen LogP contribution in [0.4, 0.5) is 5.82 Å². The summed E-state index contributed by atoms with van der Waals surface area (Å²) in [6.07, 6.45) is 2.74. The first-order valence-corrected chi connectivity index (χ1v) is 6.47. The molecular weight excluding hydrogens is 236 g/mol. The van der Waals surface area contributed by atoms with E-state index in [4.69, 9.17) is 5.73 Å². The fourth-order valence-corrected chi connectivity index (χ4v) is 2.14. The van der Waals surface area contributed by atoms with Gasteiger partial charge in [-0.2, -0.15) is 0 Å². The highest BCUT2D eigenvalue weighted by Crippen LogP contribution is 2.23. The maximum atomic E-state index is 5.49. The average Bonchev–Trinajstić information content (AvgIpc) is 2.47. The molecule has 1 aromatic carbocycles. The minimum atomic E-state index is 0.686. The van der Waals surface area contributed by atoms with Gasteiger partial charge < -0.3 is 11.1 Å². The Morgan fingerprint density at radius 3 is 2.63 bits per heavy atom. The van der Waals surface area contributed by atoms with Crippen molar-refractivity contribution in [1.29, 1.82) is 0 Å². The van der Waals surface area contributed by atoms with Gasteiger partial charge in [0.1, 0.15) is 5.82 Å². The molecule has 0 bridgehead atoms. The van der Waals surface area contributed by atoms with E-state index >= 15 is 0 Å². The second kappa shape index (κ2) is 5.20. The lowest BCUT2D eigenvalue weighted by molar-refractivity contribution is 0.871. The minimum Gasteiger partial charge on any atom is -0.370 e. The third-order valence-corrected chi connectivity index (χ3v) is 3.12. The molecule has 0 unspecified atom stereocenters. The number of benzene rings is 1. The SMILES string of the molecule is NCCCNc1ccc2ccc3cccnc3c2n1. The van der Waals surface area contributed by atoms with Crippen molar-refractivity contribution >= 4 is 27.6 Å². The largest absolute Gasteiger partial charge is 0.370 e. The molecule has 3 aromatic rings. The molecule has 0 atom stereocenters. The van der Waals surface area contributed by atoms with Crippen molar-refractivity contribution in [2.75, 3.05) is 18.4 Å². The van der Waals surface area contributed by atoms with Crippen LogP contribution >= 0.6 is 0 Å². The molecule has 0 aliphatic heterocycles. The molecular formula is C15H16N4. The van der Waals surface area contributed by atoms with E-state index in [9.17, 15) is 0 Å². The van der Waals surface area contributed by atoms with Gasteiger partial charge in [-0.1, -0.05) is 18.2 Å². The van der Waals surface area contributed by atoms with E-state index in [0.717, 1.165) is 40.6 Å². The zero-order valence-electron chi connectivity index (χ0n) is 10.6. The molecule has 2 heterocycles.